The molecule has 0 aliphatic carbocycles. The maximum Gasteiger partial charge on any atom is 0.274 e. The predicted octanol–water partition coefficient (Wildman–Crippen LogP) is 2.17. The summed E-state index contributed by atoms with van der Waals surface area (Å²) in [5, 5.41) is 11.2. The van der Waals surface area contributed by atoms with E-state index in [-0.39, 0.29) is 5.91 Å². The van der Waals surface area contributed by atoms with E-state index < -0.39 is 0 Å². The molecule has 0 saturated heterocycles. The highest BCUT2D eigenvalue weighted by Gasteiger charge is 2.14. The van der Waals surface area contributed by atoms with Crippen LogP contribution in [0.2, 0.25) is 0 Å². The van der Waals surface area contributed by atoms with E-state index in [2.05, 4.69) is 29.4 Å². The molecule has 0 fully saturated rings. The normalized spacial score (nSPS) is 12.0. The lowest BCUT2D eigenvalue weighted by molar-refractivity contribution is 0.0766. The molecule has 5 nitrogen and oxygen atoms in total. The van der Waals surface area contributed by atoms with Crippen molar-refractivity contribution in [1.29, 1.82) is 0 Å². The summed E-state index contributed by atoms with van der Waals surface area (Å²) in [5.41, 5.74) is 0.397. The number of hydrogen-bond donors (Lipinski definition) is 1. The Bertz CT molecular complexity index is 373. The molecule has 0 radical (unpaired) electrons. The van der Waals surface area contributed by atoms with Crippen molar-refractivity contribution in [3.8, 4) is 0 Å². The van der Waals surface area contributed by atoms with E-state index in [9.17, 15) is 4.79 Å². The van der Waals surface area contributed by atoms with Crippen molar-refractivity contribution in [2.24, 2.45) is 0 Å². The lowest BCUT2D eigenvalue weighted by Gasteiger charge is -2.17. The van der Waals surface area contributed by atoms with Gasteiger partial charge in [0.05, 0.1) is 0 Å². The zero-order valence-electron chi connectivity index (χ0n) is 11.6. The lowest BCUT2D eigenvalue weighted by atomic mass is 10.2. The summed E-state index contributed by atoms with van der Waals surface area (Å²) in [5.74, 6) is 0.642. The van der Waals surface area contributed by atoms with Gasteiger partial charge in [0.2, 0.25) is 0 Å². The minimum Gasteiger partial charge on any atom is -0.366 e. The molecule has 1 rings (SSSR count). The Hall–Kier alpha value is -1.65. The molecule has 0 aliphatic heterocycles. The van der Waals surface area contributed by atoms with Crippen LogP contribution in [0.15, 0.2) is 12.1 Å². The van der Waals surface area contributed by atoms with Crippen molar-refractivity contribution in [1.82, 2.24) is 15.1 Å². The van der Waals surface area contributed by atoms with Crippen molar-refractivity contribution in [3.63, 3.8) is 0 Å². The number of nitrogens with one attached hydrogen (secondary N) is 1. The molecule has 1 heterocycles. The molecule has 5 heteroatoms. The van der Waals surface area contributed by atoms with E-state index in [1.54, 1.807) is 17.0 Å². The third kappa shape index (κ3) is 3.68. The topological polar surface area (TPSA) is 58.1 Å². The third-order valence-corrected chi connectivity index (χ3v) is 2.94. The third-order valence-electron chi connectivity index (χ3n) is 2.94. The summed E-state index contributed by atoms with van der Waals surface area (Å²) in [6.07, 6.45) is 1.02. The number of aromatic nitrogens is 2. The van der Waals surface area contributed by atoms with Gasteiger partial charge < -0.3 is 10.2 Å². The monoisotopic (exact) mass is 250 g/mol. The van der Waals surface area contributed by atoms with Crippen LogP contribution in [0, 0.1) is 0 Å². The second-order valence-corrected chi connectivity index (χ2v) is 4.23. The Labute approximate surface area is 109 Å². The van der Waals surface area contributed by atoms with Crippen molar-refractivity contribution in [2.75, 3.05) is 18.4 Å². The highest BCUT2D eigenvalue weighted by atomic mass is 16.2. The molecule has 1 aromatic heterocycles. The molecule has 18 heavy (non-hydrogen) atoms. The predicted molar refractivity (Wildman–Crippen MR) is 72.7 cm³/mol. The number of carbonyl (C=O) groups is 1. The molecular weight excluding hydrogens is 228 g/mol. The molecule has 0 saturated carbocycles. The van der Waals surface area contributed by atoms with Crippen LogP contribution in [0.25, 0.3) is 0 Å². The fraction of sp³-hybridized carbons (Fsp3) is 0.615. The molecule has 1 N–H and O–H groups in total. The van der Waals surface area contributed by atoms with Crippen molar-refractivity contribution in [3.05, 3.63) is 17.8 Å². The first-order valence-electron chi connectivity index (χ1n) is 6.51. The molecule has 0 spiro atoms. The minimum atomic E-state index is -0.0670. The van der Waals surface area contributed by atoms with Gasteiger partial charge in [0.25, 0.3) is 5.91 Å². The number of amides is 1. The Kier molecular flexibility index (Phi) is 5.55. The number of nitrogens with zero attached hydrogens (tertiary/aromatic N) is 3. The van der Waals surface area contributed by atoms with E-state index >= 15 is 0 Å². The molecule has 0 aromatic carbocycles. The number of carbonyl (C=O) groups excluding carboxylic acids is 1. The van der Waals surface area contributed by atoms with Gasteiger partial charge in [-0.1, -0.05) is 6.92 Å². The molecular formula is C13H22N4O. The largest absolute Gasteiger partial charge is 0.366 e. The standard InChI is InChI=1S/C13H22N4O/c1-5-10(4)14-12-9-8-11(15-16-12)13(18)17(6-2)7-3/h8-10H,5-7H2,1-4H3,(H,14,16). The van der Waals surface area contributed by atoms with Gasteiger partial charge >= 0.3 is 0 Å². The SMILES string of the molecule is CCC(C)Nc1ccc(C(=O)N(CC)CC)nn1. The Morgan fingerprint density at radius 3 is 2.39 bits per heavy atom. The second-order valence-electron chi connectivity index (χ2n) is 4.23. The fourth-order valence-electron chi connectivity index (χ4n) is 1.55. The summed E-state index contributed by atoms with van der Waals surface area (Å²) in [6.45, 7) is 9.45. The smallest absolute Gasteiger partial charge is 0.274 e. The van der Waals surface area contributed by atoms with Crippen LogP contribution in [-0.4, -0.2) is 40.1 Å². The molecule has 0 bridgehead atoms. The molecule has 1 amide bonds. The average Bonchev–Trinajstić information content (AvgIpc) is 2.40. The zero-order chi connectivity index (χ0) is 13.5. The number of rotatable bonds is 6. The van der Waals surface area contributed by atoms with E-state index in [4.69, 9.17) is 0 Å². The number of anilines is 1. The van der Waals surface area contributed by atoms with Crippen molar-refractivity contribution < 1.29 is 4.79 Å². The average molecular weight is 250 g/mol. The summed E-state index contributed by atoms with van der Waals surface area (Å²) in [4.78, 5) is 13.7. The fourth-order valence-corrected chi connectivity index (χ4v) is 1.55. The quantitative estimate of drug-likeness (QED) is 0.840. The maximum absolute atomic E-state index is 12.0. The molecule has 1 unspecified atom stereocenters. The van der Waals surface area contributed by atoms with Crippen LogP contribution in [0.1, 0.15) is 44.6 Å². The van der Waals surface area contributed by atoms with Crippen LogP contribution in [-0.2, 0) is 0 Å². The van der Waals surface area contributed by atoms with Gasteiger partial charge in [-0.3, -0.25) is 4.79 Å². The van der Waals surface area contributed by atoms with Gasteiger partial charge in [0, 0.05) is 19.1 Å². The van der Waals surface area contributed by atoms with Crippen LogP contribution in [0.3, 0.4) is 0 Å². The highest BCUT2D eigenvalue weighted by molar-refractivity contribution is 5.92. The lowest BCUT2D eigenvalue weighted by Crippen LogP contribution is -2.31. The Balaban J connectivity index is 2.73. The summed E-state index contributed by atoms with van der Waals surface area (Å²) in [7, 11) is 0. The molecule has 1 aromatic rings. The summed E-state index contributed by atoms with van der Waals surface area (Å²) < 4.78 is 0. The van der Waals surface area contributed by atoms with Gasteiger partial charge in [-0.2, -0.15) is 0 Å². The first-order valence-corrected chi connectivity index (χ1v) is 6.51. The highest BCUT2D eigenvalue weighted by Crippen LogP contribution is 2.07. The van der Waals surface area contributed by atoms with E-state index in [0.29, 0.717) is 30.6 Å². The summed E-state index contributed by atoms with van der Waals surface area (Å²) in [6, 6.07) is 3.87. The van der Waals surface area contributed by atoms with Crippen LogP contribution >= 0.6 is 0 Å². The van der Waals surface area contributed by atoms with E-state index in [1.807, 2.05) is 13.8 Å². The minimum absolute atomic E-state index is 0.0670. The van der Waals surface area contributed by atoms with Crippen LogP contribution < -0.4 is 5.32 Å². The molecule has 0 aliphatic rings. The van der Waals surface area contributed by atoms with Gasteiger partial charge in [0.15, 0.2) is 5.69 Å². The first kappa shape index (κ1) is 14.4. The molecule has 1 atom stereocenters. The molecule has 100 valence electrons. The van der Waals surface area contributed by atoms with Gasteiger partial charge in [-0.05, 0) is 39.3 Å². The Morgan fingerprint density at radius 2 is 1.94 bits per heavy atom. The van der Waals surface area contributed by atoms with Crippen LogP contribution in [0.4, 0.5) is 5.82 Å². The first-order chi connectivity index (χ1) is 8.62. The number of hydrogen-bond acceptors (Lipinski definition) is 4. The van der Waals surface area contributed by atoms with Gasteiger partial charge in [-0.15, -0.1) is 10.2 Å². The van der Waals surface area contributed by atoms with Crippen molar-refractivity contribution >= 4 is 11.7 Å². The van der Waals surface area contributed by atoms with Crippen LogP contribution in [0.5, 0.6) is 0 Å². The van der Waals surface area contributed by atoms with Gasteiger partial charge in [-0.25, -0.2) is 0 Å². The van der Waals surface area contributed by atoms with Gasteiger partial charge in [0.1, 0.15) is 5.82 Å². The van der Waals surface area contributed by atoms with Crippen molar-refractivity contribution in [2.45, 2.75) is 40.2 Å². The maximum atomic E-state index is 12.0. The Morgan fingerprint density at radius 1 is 1.28 bits per heavy atom. The second kappa shape index (κ2) is 6.93. The van der Waals surface area contributed by atoms with E-state index in [0.717, 1.165) is 6.42 Å². The summed E-state index contributed by atoms with van der Waals surface area (Å²) >= 11 is 0. The zero-order valence-corrected chi connectivity index (χ0v) is 11.6. The van der Waals surface area contributed by atoms with E-state index in [1.165, 1.54) is 0 Å².